The van der Waals surface area contributed by atoms with Crippen molar-refractivity contribution in [3.63, 3.8) is 0 Å². The summed E-state index contributed by atoms with van der Waals surface area (Å²) in [5.74, 6) is 0. The second kappa shape index (κ2) is 8.23. The number of likely N-dealkylation sites (tertiary alicyclic amines) is 1. The van der Waals surface area contributed by atoms with Crippen LogP contribution in [-0.2, 0) is 0 Å². The minimum absolute atomic E-state index is 0.430. The molecule has 0 saturated carbocycles. The average molecular weight is 269 g/mol. The Hall–Kier alpha value is -0.120. The number of nitrogens with zero attached hydrogens (tertiary/aromatic N) is 2. The van der Waals surface area contributed by atoms with Gasteiger partial charge in [-0.15, -0.1) is 0 Å². The largest absolute Gasteiger partial charge is 0.316 e. The van der Waals surface area contributed by atoms with Gasteiger partial charge in [-0.1, -0.05) is 27.2 Å². The molecule has 1 saturated heterocycles. The van der Waals surface area contributed by atoms with Crippen molar-refractivity contribution >= 4 is 0 Å². The number of likely N-dealkylation sites (N-methyl/N-ethyl adjacent to an activating group) is 1. The van der Waals surface area contributed by atoms with E-state index in [1.807, 2.05) is 0 Å². The van der Waals surface area contributed by atoms with Crippen LogP contribution in [0, 0.1) is 5.41 Å². The Bertz CT molecular complexity index is 242. The molecular formula is C16H35N3. The molecule has 1 N–H and O–H groups in total. The minimum atomic E-state index is 0.430. The van der Waals surface area contributed by atoms with Crippen molar-refractivity contribution in [1.29, 1.82) is 0 Å². The van der Waals surface area contributed by atoms with Gasteiger partial charge in [0.15, 0.2) is 0 Å². The van der Waals surface area contributed by atoms with E-state index in [4.69, 9.17) is 0 Å². The van der Waals surface area contributed by atoms with Gasteiger partial charge in [-0.2, -0.15) is 0 Å². The Balaban J connectivity index is 2.52. The number of hydrogen-bond acceptors (Lipinski definition) is 3. The SMILES string of the molecule is CCCC(C)(CNCC)CN1CCCC(N(C)C)C1. The maximum atomic E-state index is 3.56. The fourth-order valence-electron chi connectivity index (χ4n) is 3.39. The summed E-state index contributed by atoms with van der Waals surface area (Å²) in [5, 5.41) is 3.56. The predicted octanol–water partition coefficient (Wildman–Crippen LogP) is 2.43. The molecule has 1 heterocycles. The van der Waals surface area contributed by atoms with Crippen LogP contribution in [0.5, 0.6) is 0 Å². The Morgan fingerprint density at radius 1 is 1.32 bits per heavy atom. The van der Waals surface area contributed by atoms with Crippen molar-refractivity contribution < 1.29 is 0 Å². The Labute approximate surface area is 120 Å². The van der Waals surface area contributed by atoms with Gasteiger partial charge < -0.3 is 15.1 Å². The molecule has 0 amide bonds. The van der Waals surface area contributed by atoms with Gasteiger partial charge in [0.1, 0.15) is 0 Å². The van der Waals surface area contributed by atoms with Gasteiger partial charge in [0.25, 0.3) is 0 Å². The highest BCUT2D eigenvalue weighted by Gasteiger charge is 2.29. The number of piperidine rings is 1. The first-order chi connectivity index (χ1) is 9.00. The van der Waals surface area contributed by atoms with E-state index in [1.54, 1.807) is 0 Å². The highest BCUT2D eigenvalue weighted by Crippen LogP contribution is 2.26. The van der Waals surface area contributed by atoms with E-state index in [0.717, 1.165) is 19.1 Å². The molecule has 3 heteroatoms. The molecule has 0 radical (unpaired) electrons. The zero-order chi connectivity index (χ0) is 14.3. The summed E-state index contributed by atoms with van der Waals surface area (Å²) in [6, 6.07) is 0.749. The van der Waals surface area contributed by atoms with Crippen molar-refractivity contribution in [3.05, 3.63) is 0 Å². The molecule has 1 fully saturated rings. The maximum Gasteiger partial charge on any atom is 0.0217 e. The molecule has 1 aliphatic heterocycles. The van der Waals surface area contributed by atoms with E-state index in [-0.39, 0.29) is 0 Å². The molecule has 0 bridgehead atoms. The summed E-state index contributed by atoms with van der Waals surface area (Å²) >= 11 is 0. The van der Waals surface area contributed by atoms with E-state index in [2.05, 4.69) is 50.0 Å². The lowest BCUT2D eigenvalue weighted by Gasteiger charge is -2.41. The molecule has 114 valence electrons. The third-order valence-corrected chi connectivity index (χ3v) is 4.47. The Morgan fingerprint density at radius 3 is 2.63 bits per heavy atom. The van der Waals surface area contributed by atoms with Crippen LogP contribution < -0.4 is 5.32 Å². The normalized spacial score (nSPS) is 24.6. The zero-order valence-electron chi connectivity index (χ0n) is 13.8. The molecule has 0 aromatic rings. The van der Waals surface area contributed by atoms with Crippen LogP contribution >= 0.6 is 0 Å². The number of nitrogens with one attached hydrogen (secondary N) is 1. The standard InChI is InChI=1S/C16H35N3/c1-6-10-16(3,13-17-7-2)14-19-11-8-9-15(12-19)18(4)5/h15,17H,6-14H2,1-5H3. The van der Waals surface area contributed by atoms with Gasteiger partial charge in [-0.25, -0.2) is 0 Å². The highest BCUT2D eigenvalue weighted by atomic mass is 15.2. The molecule has 0 spiro atoms. The summed E-state index contributed by atoms with van der Waals surface area (Å²) in [5.41, 5.74) is 0.430. The van der Waals surface area contributed by atoms with Crippen LogP contribution in [-0.4, -0.2) is 62.7 Å². The average Bonchev–Trinajstić information content (AvgIpc) is 2.37. The van der Waals surface area contributed by atoms with Crippen LogP contribution in [0.3, 0.4) is 0 Å². The molecule has 2 atom stereocenters. The number of hydrogen-bond donors (Lipinski definition) is 1. The molecule has 0 aromatic heterocycles. The van der Waals surface area contributed by atoms with Gasteiger partial charge in [-0.3, -0.25) is 0 Å². The maximum absolute atomic E-state index is 3.56. The van der Waals surface area contributed by atoms with Crippen LogP contribution in [0.25, 0.3) is 0 Å². The zero-order valence-corrected chi connectivity index (χ0v) is 13.8. The monoisotopic (exact) mass is 269 g/mol. The van der Waals surface area contributed by atoms with Gasteiger partial charge in [0, 0.05) is 25.7 Å². The third kappa shape index (κ3) is 5.80. The van der Waals surface area contributed by atoms with Crippen molar-refractivity contribution in [2.75, 3.05) is 46.8 Å². The first-order valence-electron chi connectivity index (χ1n) is 8.10. The van der Waals surface area contributed by atoms with E-state index in [9.17, 15) is 0 Å². The van der Waals surface area contributed by atoms with E-state index < -0.39 is 0 Å². The summed E-state index contributed by atoms with van der Waals surface area (Å²) in [4.78, 5) is 5.09. The first-order valence-corrected chi connectivity index (χ1v) is 8.10. The molecule has 0 aromatic carbocycles. The van der Waals surface area contributed by atoms with Gasteiger partial charge in [0.05, 0.1) is 0 Å². The van der Waals surface area contributed by atoms with E-state index >= 15 is 0 Å². The Morgan fingerprint density at radius 2 is 2.05 bits per heavy atom. The third-order valence-electron chi connectivity index (χ3n) is 4.47. The molecule has 1 aliphatic rings. The van der Waals surface area contributed by atoms with Crippen LogP contribution in [0.1, 0.15) is 46.5 Å². The lowest BCUT2D eigenvalue weighted by molar-refractivity contribution is 0.0857. The molecule has 3 nitrogen and oxygen atoms in total. The quantitative estimate of drug-likeness (QED) is 0.730. The van der Waals surface area contributed by atoms with Crippen molar-refractivity contribution in [3.8, 4) is 0 Å². The van der Waals surface area contributed by atoms with Crippen molar-refractivity contribution in [2.45, 2.75) is 52.5 Å². The smallest absolute Gasteiger partial charge is 0.0217 e. The van der Waals surface area contributed by atoms with Crippen LogP contribution in [0.15, 0.2) is 0 Å². The second-order valence-corrected chi connectivity index (χ2v) is 6.84. The van der Waals surface area contributed by atoms with Gasteiger partial charge in [-0.05, 0) is 51.9 Å². The molecule has 19 heavy (non-hydrogen) atoms. The number of rotatable bonds is 8. The lowest BCUT2D eigenvalue weighted by Crippen LogP contribution is -2.50. The topological polar surface area (TPSA) is 18.5 Å². The van der Waals surface area contributed by atoms with Gasteiger partial charge >= 0.3 is 0 Å². The first kappa shape index (κ1) is 16.9. The fourth-order valence-corrected chi connectivity index (χ4v) is 3.39. The van der Waals surface area contributed by atoms with Crippen LogP contribution in [0.2, 0.25) is 0 Å². The fraction of sp³-hybridized carbons (Fsp3) is 1.00. The molecule has 1 rings (SSSR count). The summed E-state index contributed by atoms with van der Waals surface area (Å²) in [7, 11) is 4.44. The predicted molar refractivity (Wildman–Crippen MR) is 84.7 cm³/mol. The summed E-state index contributed by atoms with van der Waals surface area (Å²) < 4.78 is 0. The summed E-state index contributed by atoms with van der Waals surface area (Å²) in [6.07, 6.45) is 5.32. The Kier molecular flexibility index (Phi) is 7.33. The second-order valence-electron chi connectivity index (χ2n) is 6.84. The van der Waals surface area contributed by atoms with Crippen LogP contribution in [0.4, 0.5) is 0 Å². The van der Waals surface area contributed by atoms with E-state index in [1.165, 1.54) is 45.3 Å². The summed E-state index contributed by atoms with van der Waals surface area (Å²) in [6.45, 7) is 13.0. The molecule has 0 aliphatic carbocycles. The van der Waals surface area contributed by atoms with Crippen molar-refractivity contribution in [1.82, 2.24) is 15.1 Å². The van der Waals surface area contributed by atoms with Gasteiger partial charge in [0.2, 0.25) is 0 Å². The molecular weight excluding hydrogens is 234 g/mol. The lowest BCUT2D eigenvalue weighted by atomic mass is 9.84. The molecule has 2 unspecified atom stereocenters. The van der Waals surface area contributed by atoms with E-state index in [0.29, 0.717) is 5.41 Å². The minimum Gasteiger partial charge on any atom is -0.316 e. The van der Waals surface area contributed by atoms with Crippen molar-refractivity contribution in [2.24, 2.45) is 5.41 Å². The highest BCUT2D eigenvalue weighted by molar-refractivity contribution is 4.85.